The largest absolute Gasteiger partial charge is 0.215 e. The first-order valence-corrected chi connectivity index (χ1v) is 6.87. The minimum Gasteiger partial charge on any atom is -0.215 e. The Morgan fingerprint density at radius 2 is 1.76 bits per heavy atom. The number of hydrogen-bond donors (Lipinski definition) is 0. The molecule has 0 aliphatic rings. The van der Waals surface area contributed by atoms with Crippen molar-refractivity contribution in [2.75, 3.05) is 0 Å². The van der Waals surface area contributed by atoms with Gasteiger partial charge in [0.1, 0.15) is 6.07 Å². The molecule has 0 atom stereocenters. The fraction of sp³-hybridized carbons (Fsp3) is 0.235. The van der Waals surface area contributed by atoms with Crippen LogP contribution in [0.3, 0.4) is 0 Å². The van der Waals surface area contributed by atoms with E-state index in [9.17, 15) is 5.26 Å². The average molecular weight is 276 g/mol. The summed E-state index contributed by atoms with van der Waals surface area (Å²) < 4.78 is 1.79. The molecule has 104 valence electrons. The van der Waals surface area contributed by atoms with Crippen LogP contribution in [-0.4, -0.2) is 15.0 Å². The predicted octanol–water partition coefficient (Wildman–Crippen LogP) is 3.59. The van der Waals surface area contributed by atoms with Crippen molar-refractivity contribution in [3.8, 4) is 11.8 Å². The van der Waals surface area contributed by atoms with E-state index < -0.39 is 0 Å². The Balaban J connectivity index is 2.35. The Morgan fingerprint density at radius 1 is 1.05 bits per heavy atom. The maximum atomic E-state index is 9.29. The molecule has 0 bridgehead atoms. The topological polar surface area (TPSA) is 54.5 Å². The van der Waals surface area contributed by atoms with Crippen LogP contribution in [0, 0.1) is 11.3 Å². The van der Waals surface area contributed by atoms with E-state index >= 15 is 0 Å². The summed E-state index contributed by atoms with van der Waals surface area (Å²) in [7, 11) is 0. The molecule has 2 aromatic carbocycles. The third-order valence-corrected chi connectivity index (χ3v) is 3.48. The van der Waals surface area contributed by atoms with Gasteiger partial charge in [-0.1, -0.05) is 62.4 Å². The van der Waals surface area contributed by atoms with Gasteiger partial charge in [-0.15, -0.1) is 5.10 Å². The van der Waals surface area contributed by atoms with Gasteiger partial charge < -0.3 is 0 Å². The monoisotopic (exact) mass is 276 g/mol. The van der Waals surface area contributed by atoms with Crippen molar-refractivity contribution >= 4 is 10.8 Å². The Bertz CT molecular complexity index is 842. The van der Waals surface area contributed by atoms with E-state index in [-0.39, 0.29) is 5.41 Å². The second-order valence-corrected chi connectivity index (χ2v) is 6.06. The molecule has 0 fully saturated rings. The number of benzene rings is 2. The first-order valence-electron chi connectivity index (χ1n) is 6.87. The zero-order valence-electron chi connectivity index (χ0n) is 12.3. The molecular weight excluding hydrogens is 260 g/mol. The quantitative estimate of drug-likeness (QED) is 0.682. The third-order valence-electron chi connectivity index (χ3n) is 3.48. The van der Waals surface area contributed by atoms with Crippen molar-refractivity contribution in [3.05, 3.63) is 53.9 Å². The van der Waals surface area contributed by atoms with Gasteiger partial charge >= 0.3 is 0 Å². The van der Waals surface area contributed by atoms with Crippen LogP contribution >= 0.6 is 0 Å². The highest BCUT2D eigenvalue weighted by atomic mass is 15.4. The highest BCUT2D eigenvalue weighted by Gasteiger charge is 2.26. The molecule has 0 radical (unpaired) electrons. The van der Waals surface area contributed by atoms with Crippen molar-refractivity contribution in [2.24, 2.45) is 0 Å². The number of nitriles is 1. The molecule has 3 aromatic rings. The van der Waals surface area contributed by atoms with Crippen LogP contribution < -0.4 is 0 Å². The highest BCUT2D eigenvalue weighted by molar-refractivity contribution is 5.90. The second kappa shape index (κ2) is 4.71. The van der Waals surface area contributed by atoms with Gasteiger partial charge in [0.25, 0.3) is 0 Å². The summed E-state index contributed by atoms with van der Waals surface area (Å²) in [6.07, 6.45) is 0. The predicted molar refractivity (Wildman–Crippen MR) is 82.3 cm³/mol. The average Bonchev–Trinajstić information content (AvgIpc) is 2.90. The number of hydrogen-bond acceptors (Lipinski definition) is 3. The van der Waals surface area contributed by atoms with Crippen LogP contribution in [0.15, 0.2) is 42.5 Å². The number of rotatable bonds is 1. The summed E-state index contributed by atoms with van der Waals surface area (Å²) in [5, 5.41) is 19.8. The summed E-state index contributed by atoms with van der Waals surface area (Å²) in [6, 6.07) is 16.4. The van der Waals surface area contributed by atoms with Crippen LogP contribution in [0.2, 0.25) is 0 Å². The lowest BCUT2D eigenvalue weighted by molar-refractivity contribution is 0.542. The molecule has 4 heteroatoms. The molecule has 4 nitrogen and oxygen atoms in total. The lowest BCUT2D eigenvalue weighted by atomic mass is 9.90. The number of aromatic nitrogens is 3. The molecule has 0 amide bonds. The molecule has 1 aromatic heterocycles. The van der Waals surface area contributed by atoms with Crippen LogP contribution in [0.4, 0.5) is 0 Å². The Kier molecular flexibility index (Phi) is 2.99. The van der Waals surface area contributed by atoms with Gasteiger partial charge in [-0.2, -0.15) is 5.26 Å². The van der Waals surface area contributed by atoms with E-state index in [2.05, 4.69) is 55.4 Å². The zero-order valence-corrected chi connectivity index (χ0v) is 12.3. The van der Waals surface area contributed by atoms with E-state index in [1.54, 1.807) is 4.68 Å². The SMILES string of the molecule is CC(C)(C)c1c(C#N)nnn1-c1cccc2ccccc12. The number of nitrogens with zero attached hydrogens (tertiary/aromatic N) is 4. The van der Waals surface area contributed by atoms with Crippen molar-refractivity contribution in [1.29, 1.82) is 5.26 Å². The highest BCUT2D eigenvalue weighted by Crippen LogP contribution is 2.29. The molecule has 3 rings (SSSR count). The lowest BCUT2D eigenvalue weighted by Gasteiger charge is -2.20. The smallest absolute Gasteiger partial charge is 0.186 e. The summed E-state index contributed by atoms with van der Waals surface area (Å²) >= 11 is 0. The first-order chi connectivity index (χ1) is 10.0. The van der Waals surface area contributed by atoms with Gasteiger partial charge in [-0.25, -0.2) is 4.68 Å². The van der Waals surface area contributed by atoms with Crippen molar-refractivity contribution in [2.45, 2.75) is 26.2 Å². The molecule has 0 unspecified atom stereocenters. The van der Waals surface area contributed by atoms with E-state index in [0.29, 0.717) is 5.69 Å². The minimum absolute atomic E-state index is 0.217. The summed E-state index contributed by atoms with van der Waals surface area (Å²) in [6.45, 7) is 6.19. The molecule has 21 heavy (non-hydrogen) atoms. The van der Waals surface area contributed by atoms with Crippen molar-refractivity contribution in [1.82, 2.24) is 15.0 Å². The van der Waals surface area contributed by atoms with Crippen LogP contribution in [0.1, 0.15) is 32.2 Å². The molecule has 0 saturated heterocycles. The summed E-state index contributed by atoms with van der Waals surface area (Å²) in [4.78, 5) is 0. The van der Waals surface area contributed by atoms with Crippen LogP contribution in [-0.2, 0) is 5.41 Å². The Morgan fingerprint density at radius 3 is 2.48 bits per heavy atom. The van der Waals surface area contributed by atoms with E-state index in [1.807, 2.05) is 24.3 Å². The molecule has 1 heterocycles. The third kappa shape index (κ3) is 2.17. The van der Waals surface area contributed by atoms with Crippen molar-refractivity contribution in [3.63, 3.8) is 0 Å². The molecule has 0 spiro atoms. The Labute approximate surface area is 123 Å². The van der Waals surface area contributed by atoms with Gasteiger partial charge in [-0.3, -0.25) is 0 Å². The first kappa shape index (κ1) is 13.3. The molecule has 0 saturated carbocycles. The van der Waals surface area contributed by atoms with Crippen LogP contribution in [0.5, 0.6) is 0 Å². The molecular formula is C17H16N4. The summed E-state index contributed by atoms with van der Waals surface area (Å²) in [5.41, 5.74) is 1.95. The second-order valence-electron chi connectivity index (χ2n) is 6.06. The maximum Gasteiger partial charge on any atom is 0.186 e. The van der Waals surface area contributed by atoms with E-state index in [1.165, 1.54) is 0 Å². The number of fused-ring (bicyclic) bond motifs is 1. The zero-order chi connectivity index (χ0) is 15.0. The van der Waals surface area contributed by atoms with Gasteiger partial charge in [0.2, 0.25) is 0 Å². The van der Waals surface area contributed by atoms with Gasteiger partial charge in [-0.05, 0) is 11.5 Å². The fourth-order valence-corrected chi connectivity index (χ4v) is 2.59. The van der Waals surface area contributed by atoms with E-state index in [4.69, 9.17) is 0 Å². The van der Waals surface area contributed by atoms with Crippen molar-refractivity contribution < 1.29 is 0 Å². The molecule has 0 aliphatic carbocycles. The van der Waals surface area contributed by atoms with E-state index in [0.717, 1.165) is 22.2 Å². The standard InChI is InChI=1S/C17H16N4/c1-17(2,3)16-14(11-18)19-20-21(16)15-10-6-8-12-7-4-5-9-13(12)15/h4-10H,1-3H3. The fourth-order valence-electron chi connectivity index (χ4n) is 2.59. The maximum absolute atomic E-state index is 9.29. The molecule has 0 aliphatic heterocycles. The lowest BCUT2D eigenvalue weighted by Crippen LogP contribution is -2.19. The van der Waals surface area contributed by atoms with Crippen LogP contribution in [0.25, 0.3) is 16.5 Å². The minimum atomic E-state index is -0.217. The van der Waals surface area contributed by atoms with Gasteiger partial charge in [0, 0.05) is 10.8 Å². The van der Waals surface area contributed by atoms with Gasteiger partial charge in [0.05, 0.1) is 11.4 Å². The van der Waals surface area contributed by atoms with Gasteiger partial charge in [0.15, 0.2) is 5.69 Å². The Hall–Kier alpha value is -2.67. The molecule has 0 N–H and O–H groups in total. The summed E-state index contributed by atoms with van der Waals surface area (Å²) in [5.74, 6) is 0. The normalized spacial score (nSPS) is 11.5.